The van der Waals surface area contributed by atoms with Gasteiger partial charge in [0.05, 0.1) is 13.5 Å². The molecular weight excluding hydrogens is 204 g/mol. The fourth-order valence-corrected chi connectivity index (χ4v) is 1.59. The van der Waals surface area contributed by atoms with Gasteiger partial charge in [0.1, 0.15) is 5.75 Å². The summed E-state index contributed by atoms with van der Waals surface area (Å²) in [5.41, 5.74) is 3.22. The molecule has 0 amide bonds. The summed E-state index contributed by atoms with van der Waals surface area (Å²) in [6, 6.07) is 3.88. The van der Waals surface area contributed by atoms with Crippen LogP contribution < -0.4 is 4.74 Å². The van der Waals surface area contributed by atoms with Crippen LogP contribution in [0.4, 0.5) is 0 Å². The number of rotatable bonds is 4. The number of aryl methyl sites for hydroxylation is 2. The van der Waals surface area contributed by atoms with Crippen molar-refractivity contribution in [1.82, 2.24) is 0 Å². The predicted octanol–water partition coefficient (Wildman–Crippen LogP) is 2.80. The van der Waals surface area contributed by atoms with Crippen LogP contribution in [0.3, 0.4) is 0 Å². The molecule has 16 heavy (non-hydrogen) atoms. The molecule has 0 spiro atoms. The third-order valence-electron chi connectivity index (χ3n) is 2.38. The molecule has 0 unspecified atom stereocenters. The van der Waals surface area contributed by atoms with Crippen molar-refractivity contribution in [2.75, 3.05) is 7.11 Å². The van der Waals surface area contributed by atoms with Crippen LogP contribution in [0.25, 0.3) is 6.08 Å². The van der Waals surface area contributed by atoms with E-state index in [4.69, 9.17) is 9.84 Å². The minimum atomic E-state index is -0.819. The largest absolute Gasteiger partial charge is 0.497 e. The van der Waals surface area contributed by atoms with Gasteiger partial charge in [-0.05, 0) is 42.7 Å². The van der Waals surface area contributed by atoms with Crippen LogP contribution in [0.1, 0.15) is 23.1 Å². The van der Waals surface area contributed by atoms with E-state index >= 15 is 0 Å². The minimum absolute atomic E-state index is 0.0465. The fourth-order valence-electron chi connectivity index (χ4n) is 1.59. The molecule has 0 bridgehead atoms. The SMILES string of the molecule is COc1cc(C)c(C=CCC(=O)O)c(C)c1. The Kier molecular flexibility index (Phi) is 4.11. The van der Waals surface area contributed by atoms with Gasteiger partial charge in [0.15, 0.2) is 0 Å². The molecule has 0 saturated carbocycles. The first-order valence-corrected chi connectivity index (χ1v) is 5.08. The molecule has 0 fully saturated rings. The zero-order valence-electron chi connectivity index (χ0n) is 9.78. The van der Waals surface area contributed by atoms with E-state index < -0.39 is 5.97 Å². The highest BCUT2D eigenvalue weighted by atomic mass is 16.5. The summed E-state index contributed by atoms with van der Waals surface area (Å²) >= 11 is 0. The third kappa shape index (κ3) is 3.12. The molecule has 3 nitrogen and oxygen atoms in total. The Morgan fingerprint density at radius 3 is 2.38 bits per heavy atom. The van der Waals surface area contributed by atoms with Gasteiger partial charge >= 0.3 is 5.97 Å². The van der Waals surface area contributed by atoms with Gasteiger partial charge in [-0.1, -0.05) is 12.2 Å². The third-order valence-corrected chi connectivity index (χ3v) is 2.38. The van der Waals surface area contributed by atoms with E-state index in [0.717, 1.165) is 22.4 Å². The number of hydrogen-bond donors (Lipinski definition) is 1. The summed E-state index contributed by atoms with van der Waals surface area (Å²) in [5, 5.41) is 8.54. The van der Waals surface area contributed by atoms with Gasteiger partial charge in [0.25, 0.3) is 0 Å². The average molecular weight is 220 g/mol. The fraction of sp³-hybridized carbons (Fsp3) is 0.308. The Morgan fingerprint density at radius 2 is 1.94 bits per heavy atom. The topological polar surface area (TPSA) is 46.5 Å². The van der Waals surface area contributed by atoms with Crippen LogP contribution in [-0.4, -0.2) is 18.2 Å². The smallest absolute Gasteiger partial charge is 0.307 e. The molecule has 0 radical (unpaired) electrons. The van der Waals surface area contributed by atoms with Crippen LogP contribution in [0.5, 0.6) is 5.75 Å². The molecule has 0 saturated heterocycles. The number of carboxylic acid groups (broad SMARTS) is 1. The number of methoxy groups -OCH3 is 1. The van der Waals surface area contributed by atoms with Gasteiger partial charge in [-0.15, -0.1) is 0 Å². The van der Waals surface area contributed by atoms with Crippen LogP contribution in [0.15, 0.2) is 18.2 Å². The van der Waals surface area contributed by atoms with Crippen molar-refractivity contribution >= 4 is 12.0 Å². The molecule has 0 heterocycles. The van der Waals surface area contributed by atoms with E-state index in [1.165, 1.54) is 0 Å². The second kappa shape index (κ2) is 5.35. The Labute approximate surface area is 95.4 Å². The molecular formula is C13H16O3. The molecule has 1 N–H and O–H groups in total. The molecule has 1 aromatic carbocycles. The summed E-state index contributed by atoms with van der Waals surface area (Å²) in [6.07, 6.45) is 3.55. The van der Waals surface area contributed by atoms with E-state index in [-0.39, 0.29) is 6.42 Å². The zero-order valence-corrected chi connectivity index (χ0v) is 9.78. The molecule has 86 valence electrons. The first kappa shape index (κ1) is 12.3. The first-order chi connectivity index (χ1) is 7.54. The second-order valence-electron chi connectivity index (χ2n) is 3.68. The highest BCUT2D eigenvalue weighted by Gasteiger charge is 2.02. The number of carbonyl (C=O) groups is 1. The molecule has 1 rings (SSSR count). The molecule has 0 aliphatic heterocycles. The van der Waals surface area contributed by atoms with Gasteiger partial charge in [0.2, 0.25) is 0 Å². The first-order valence-electron chi connectivity index (χ1n) is 5.08. The number of aliphatic carboxylic acids is 1. The minimum Gasteiger partial charge on any atom is -0.497 e. The molecule has 3 heteroatoms. The van der Waals surface area contributed by atoms with Gasteiger partial charge in [-0.2, -0.15) is 0 Å². The van der Waals surface area contributed by atoms with Crippen LogP contribution >= 0.6 is 0 Å². The molecule has 0 aliphatic rings. The Bertz CT molecular complexity index is 396. The van der Waals surface area contributed by atoms with Gasteiger partial charge < -0.3 is 9.84 Å². The molecule has 0 aliphatic carbocycles. The lowest BCUT2D eigenvalue weighted by Crippen LogP contribution is -1.92. The standard InChI is InChI=1S/C13H16O3/c1-9-7-11(16-3)8-10(2)12(9)5-4-6-13(14)15/h4-5,7-8H,6H2,1-3H3,(H,14,15). The summed E-state index contributed by atoms with van der Waals surface area (Å²) in [6.45, 7) is 3.96. The highest BCUT2D eigenvalue weighted by molar-refractivity contribution is 5.71. The average Bonchev–Trinajstić information content (AvgIpc) is 2.21. The Morgan fingerprint density at radius 1 is 1.38 bits per heavy atom. The van der Waals surface area contributed by atoms with Crippen LogP contribution in [0, 0.1) is 13.8 Å². The lowest BCUT2D eigenvalue weighted by Gasteiger charge is -2.08. The highest BCUT2D eigenvalue weighted by Crippen LogP contribution is 2.22. The maximum absolute atomic E-state index is 10.4. The summed E-state index contributed by atoms with van der Waals surface area (Å²) in [7, 11) is 1.63. The maximum atomic E-state index is 10.4. The van der Waals surface area contributed by atoms with E-state index in [0.29, 0.717) is 0 Å². The Hall–Kier alpha value is -1.77. The number of benzene rings is 1. The summed E-state index contributed by atoms with van der Waals surface area (Å²) in [4.78, 5) is 10.4. The van der Waals surface area contributed by atoms with E-state index in [2.05, 4.69) is 0 Å². The van der Waals surface area contributed by atoms with Crippen molar-refractivity contribution in [3.8, 4) is 5.75 Å². The lowest BCUT2D eigenvalue weighted by atomic mass is 10.0. The van der Waals surface area contributed by atoms with E-state index in [1.54, 1.807) is 13.2 Å². The van der Waals surface area contributed by atoms with Gasteiger partial charge in [-0.3, -0.25) is 4.79 Å². The number of carboxylic acids is 1. The second-order valence-corrected chi connectivity index (χ2v) is 3.68. The van der Waals surface area contributed by atoms with Crippen molar-refractivity contribution in [1.29, 1.82) is 0 Å². The number of ether oxygens (including phenoxy) is 1. The normalized spacial score (nSPS) is 10.7. The monoisotopic (exact) mass is 220 g/mol. The quantitative estimate of drug-likeness (QED) is 0.848. The van der Waals surface area contributed by atoms with Crippen molar-refractivity contribution in [2.45, 2.75) is 20.3 Å². The number of hydrogen-bond acceptors (Lipinski definition) is 2. The van der Waals surface area contributed by atoms with Crippen LogP contribution in [-0.2, 0) is 4.79 Å². The van der Waals surface area contributed by atoms with Gasteiger partial charge in [0, 0.05) is 0 Å². The Balaban J connectivity index is 2.96. The molecule has 1 aromatic rings. The van der Waals surface area contributed by atoms with E-state index in [1.807, 2.05) is 32.1 Å². The molecule has 0 atom stereocenters. The predicted molar refractivity (Wildman–Crippen MR) is 63.8 cm³/mol. The summed E-state index contributed by atoms with van der Waals surface area (Å²) < 4.78 is 5.16. The maximum Gasteiger partial charge on any atom is 0.307 e. The van der Waals surface area contributed by atoms with Crippen molar-refractivity contribution < 1.29 is 14.6 Å². The lowest BCUT2D eigenvalue weighted by molar-refractivity contribution is -0.135. The van der Waals surface area contributed by atoms with Gasteiger partial charge in [-0.25, -0.2) is 0 Å². The van der Waals surface area contributed by atoms with Crippen molar-refractivity contribution in [3.05, 3.63) is 34.9 Å². The van der Waals surface area contributed by atoms with Crippen LogP contribution in [0.2, 0.25) is 0 Å². The zero-order chi connectivity index (χ0) is 12.1. The van der Waals surface area contributed by atoms with Crippen molar-refractivity contribution in [3.63, 3.8) is 0 Å². The molecule has 0 aromatic heterocycles. The van der Waals surface area contributed by atoms with Crippen molar-refractivity contribution in [2.24, 2.45) is 0 Å². The summed E-state index contributed by atoms with van der Waals surface area (Å²) in [5.74, 6) is 0.00505. The van der Waals surface area contributed by atoms with E-state index in [9.17, 15) is 4.79 Å².